The molecule has 1 N–H and O–H groups in total. The van der Waals surface area contributed by atoms with Gasteiger partial charge < -0.3 is 15.1 Å². The highest BCUT2D eigenvalue weighted by molar-refractivity contribution is 5.80. The molecule has 5 nitrogen and oxygen atoms in total. The Morgan fingerprint density at radius 2 is 1.66 bits per heavy atom. The van der Waals surface area contributed by atoms with Crippen molar-refractivity contribution in [2.24, 2.45) is 0 Å². The van der Waals surface area contributed by atoms with Crippen molar-refractivity contribution in [3.63, 3.8) is 0 Å². The van der Waals surface area contributed by atoms with E-state index in [0.717, 1.165) is 39.0 Å². The fourth-order valence-corrected chi connectivity index (χ4v) is 5.04. The summed E-state index contributed by atoms with van der Waals surface area (Å²) >= 11 is 0. The molecule has 0 aliphatic carbocycles. The van der Waals surface area contributed by atoms with E-state index >= 15 is 0 Å². The minimum Gasteiger partial charge on any atom is -0.368 e. The standard InChI is InChI=1S/C27H35N3O2/c1-20-5-8-23(9-6-20)19-27(12-10-25(31)28-27)13-11-26(32)30-16-14-29(15-17-30)24-18-21(2)4-7-22(24)3/h4-9,18H,10-17,19H2,1-3H3,(H,28,31). The number of nitrogens with one attached hydrogen (secondary N) is 1. The molecule has 0 spiro atoms. The van der Waals surface area contributed by atoms with Crippen LogP contribution in [-0.2, 0) is 16.0 Å². The van der Waals surface area contributed by atoms with Crippen LogP contribution < -0.4 is 10.2 Å². The molecule has 0 bridgehead atoms. The smallest absolute Gasteiger partial charge is 0.222 e. The molecule has 0 saturated carbocycles. The van der Waals surface area contributed by atoms with Gasteiger partial charge in [0, 0.05) is 50.2 Å². The summed E-state index contributed by atoms with van der Waals surface area (Å²) in [5.74, 6) is 0.307. The van der Waals surface area contributed by atoms with Crippen LogP contribution in [0.5, 0.6) is 0 Å². The minimum absolute atomic E-state index is 0.103. The van der Waals surface area contributed by atoms with E-state index < -0.39 is 0 Å². The van der Waals surface area contributed by atoms with Crippen LogP contribution in [0.1, 0.15) is 47.9 Å². The zero-order valence-electron chi connectivity index (χ0n) is 19.6. The topological polar surface area (TPSA) is 52.7 Å². The molecule has 32 heavy (non-hydrogen) atoms. The molecule has 2 fully saturated rings. The van der Waals surface area contributed by atoms with Crippen molar-refractivity contribution in [1.82, 2.24) is 10.2 Å². The summed E-state index contributed by atoms with van der Waals surface area (Å²) in [5.41, 5.74) is 5.97. The van der Waals surface area contributed by atoms with Gasteiger partial charge in [-0.2, -0.15) is 0 Å². The number of carbonyl (C=O) groups excluding carboxylic acids is 2. The molecule has 2 amide bonds. The molecule has 2 aromatic carbocycles. The lowest BCUT2D eigenvalue weighted by Gasteiger charge is -2.37. The van der Waals surface area contributed by atoms with Crippen LogP contribution in [0, 0.1) is 20.8 Å². The van der Waals surface area contributed by atoms with Crippen LogP contribution in [0.2, 0.25) is 0 Å². The lowest BCUT2D eigenvalue weighted by molar-refractivity contribution is -0.132. The maximum Gasteiger partial charge on any atom is 0.222 e. The maximum atomic E-state index is 13.0. The summed E-state index contributed by atoms with van der Waals surface area (Å²) < 4.78 is 0. The minimum atomic E-state index is -0.303. The van der Waals surface area contributed by atoms with Gasteiger partial charge >= 0.3 is 0 Å². The molecular weight excluding hydrogens is 398 g/mol. The van der Waals surface area contributed by atoms with Gasteiger partial charge in [0.05, 0.1) is 0 Å². The van der Waals surface area contributed by atoms with Crippen LogP contribution in [0.15, 0.2) is 42.5 Å². The normalized spacial score (nSPS) is 21.0. The van der Waals surface area contributed by atoms with E-state index in [1.807, 2.05) is 4.90 Å². The Morgan fingerprint density at radius 1 is 0.969 bits per heavy atom. The number of carbonyl (C=O) groups is 2. The molecule has 4 rings (SSSR count). The number of hydrogen-bond donors (Lipinski definition) is 1. The highest BCUT2D eigenvalue weighted by Crippen LogP contribution is 2.30. The van der Waals surface area contributed by atoms with E-state index in [1.54, 1.807) is 0 Å². The summed E-state index contributed by atoms with van der Waals surface area (Å²) in [5, 5.41) is 3.21. The van der Waals surface area contributed by atoms with Gasteiger partial charge in [-0.1, -0.05) is 42.0 Å². The first-order valence-electron chi connectivity index (χ1n) is 11.8. The Bertz CT molecular complexity index is 977. The van der Waals surface area contributed by atoms with E-state index in [0.29, 0.717) is 19.3 Å². The zero-order valence-corrected chi connectivity index (χ0v) is 19.6. The first-order chi connectivity index (χ1) is 15.3. The number of amides is 2. The van der Waals surface area contributed by atoms with E-state index in [4.69, 9.17) is 0 Å². The van der Waals surface area contributed by atoms with Gasteiger partial charge in [-0.3, -0.25) is 9.59 Å². The van der Waals surface area contributed by atoms with E-state index in [2.05, 4.69) is 73.5 Å². The third-order valence-electron chi connectivity index (χ3n) is 7.05. The van der Waals surface area contributed by atoms with Crippen molar-refractivity contribution in [3.8, 4) is 0 Å². The van der Waals surface area contributed by atoms with Gasteiger partial charge in [0.2, 0.25) is 11.8 Å². The SMILES string of the molecule is Cc1ccc(CC2(CCC(=O)N3CCN(c4cc(C)ccc4C)CC3)CCC(=O)N2)cc1. The largest absolute Gasteiger partial charge is 0.368 e. The predicted molar refractivity (Wildman–Crippen MR) is 129 cm³/mol. The third kappa shape index (κ3) is 5.14. The van der Waals surface area contributed by atoms with Gasteiger partial charge in [0.25, 0.3) is 0 Å². The van der Waals surface area contributed by atoms with Crippen LogP contribution >= 0.6 is 0 Å². The van der Waals surface area contributed by atoms with Crippen LogP contribution in [0.4, 0.5) is 5.69 Å². The molecule has 2 saturated heterocycles. The quantitative estimate of drug-likeness (QED) is 0.751. The van der Waals surface area contributed by atoms with Gasteiger partial charge in [0.1, 0.15) is 0 Å². The summed E-state index contributed by atoms with van der Waals surface area (Å²) in [4.78, 5) is 29.5. The van der Waals surface area contributed by atoms with Crippen LogP contribution in [0.25, 0.3) is 0 Å². The monoisotopic (exact) mass is 433 g/mol. The van der Waals surface area contributed by atoms with E-state index in [-0.39, 0.29) is 17.4 Å². The van der Waals surface area contributed by atoms with Crippen molar-refractivity contribution in [1.29, 1.82) is 0 Å². The molecule has 1 atom stereocenters. The Morgan fingerprint density at radius 3 is 2.31 bits per heavy atom. The molecule has 2 aliphatic rings. The second kappa shape index (κ2) is 9.35. The first-order valence-corrected chi connectivity index (χ1v) is 11.8. The first kappa shape index (κ1) is 22.4. The molecule has 2 aromatic rings. The maximum absolute atomic E-state index is 13.0. The molecular formula is C27H35N3O2. The van der Waals surface area contributed by atoms with Gasteiger partial charge in [-0.25, -0.2) is 0 Å². The van der Waals surface area contributed by atoms with E-state index in [1.165, 1.54) is 27.9 Å². The Labute approximate surface area is 191 Å². The average Bonchev–Trinajstić information content (AvgIpc) is 3.16. The van der Waals surface area contributed by atoms with Gasteiger partial charge in [-0.05, 0) is 62.8 Å². The summed E-state index contributed by atoms with van der Waals surface area (Å²) in [7, 11) is 0. The zero-order chi connectivity index (χ0) is 22.7. The van der Waals surface area contributed by atoms with Crippen molar-refractivity contribution in [3.05, 3.63) is 64.7 Å². The summed E-state index contributed by atoms with van der Waals surface area (Å²) in [6.45, 7) is 9.58. The lowest BCUT2D eigenvalue weighted by atomic mass is 9.84. The van der Waals surface area contributed by atoms with Crippen molar-refractivity contribution in [2.75, 3.05) is 31.1 Å². The molecule has 5 heteroatoms. The fourth-order valence-electron chi connectivity index (χ4n) is 5.04. The van der Waals surface area contributed by atoms with Gasteiger partial charge in [0.15, 0.2) is 0 Å². The van der Waals surface area contributed by atoms with Crippen molar-refractivity contribution >= 4 is 17.5 Å². The number of anilines is 1. The number of benzene rings is 2. The van der Waals surface area contributed by atoms with Crippen molar-refractivity contribution in [2.45, 2.75) is 58.4 Å². The Balaban J connectivity index is 1.34. The highest BCUT2D eigenvalue weighted by Gasteiger charge is 2.38. The summed E-state index contributed by atoms with van der Waals surface area (Å²) in [6, 6.07) is 15.1. The van der Waals surface area contributed by atoms with Crippen LogP contribution in [-0.4, -0.2) is 48.4 Å². The Kier molecular flexibility index (Phi) is 6.54. The molecule has 2 aliphatic heterocycles. The molecule has 0 aromatic heterocycles. The molecule has 2 heterocycles. The van der Waals surface area contributed by atoms with E-state index in [9.17, 15) is 9.59 Å². The Hall–Kier alpha value is -2.82. The fraction of sp³-hybridized carbons (Fsp3) is 0.481. The second-order valence-electron chi connectivity index (χ2n) is 9.65. The number of hydrogen-bond acceptors (Lipinski definition) is 3. The molecule has 1 unspecified atom stereocenters. The number of rotatable bonds is 6. The average molecular weight is 434 g/mol. The summed E-state index contributed by atoms with van der Waals surface area (Å²) in [6.07, 6.45) is 3.31. The van der Waals surface area contributed by atoms with Crippen LogP contribution in [0.3, 0.4) is 0 Å². The third-order valence-corrected chi connectivity index (χ3v) is 7.05. The van der Waals surface area contributed by atoms with Crippen molar-refractivity contribution < 1.29 is 9.59 Å². The van der Waals surface area contributed by atoms with Gasteiger partial charge in [-0.15, -0.1) is 0 Å². The number of aryl methyl sites for hydroxylation is 3. The second-order valence-corrected chi connectivity index (χ2v) is 9.65. The molecule has 0 radical (unpaired) electrons. The molecule has 170 valence electrons. The number of piperazine rings is 1. The lowest BCUT2D eigenvalue weighted by Crippen LogP contribution is -2.50. The predicted octanol–water partition coefficient (Wildman–Crippen LogP) is 3.93. The highest BCUT2D eigenvalue weighted by atomic mass is 16.2. The number of nitrogens with zero attached hydrogens (tertiary/aromatic N) is 2.